The summed E-state index contributed by atoms with van der Waals surface area (Å²) in [5, 5.41) is 0. The van der Waals surface area contributed by atoms with E-state index < -0.39 is 0 Å². The molecule has 0 unspecified atom stereocenters. The monoisotopic (exact) mass is 276 g/mol. The Morgan fingerprint density at radius 2 is 1.95 bits per heavy atom. The van der Waals surface area contributed by atoms with Gasteiger partial charge in [0.2, 0.25) is 0 Å². The Balaban J connectivity index is 1.63. The molecule has 1 saturated carbocycles. The molecule has 3 heteroatoms. The molecule has 0 amide bonds. The molecule has 2 rings (SSSR count). The van der Waals surface area contributed by atoms with Crippen LogP contribution in [0, 0.1) is 5.92 Å². The van der Waals surface area contributed by atoms with Gasteiger partial charge in [0.05, 0.1) is 6.61 Å². The zero-order valence-electron chi connectivity index (χ0n) is 12.7. The van der Waals surface area contributed by atoms with Crippen molar-refractivity contribution in [1.29, 1.82) is 0 Å². The Morgan fingerprint density at radius 1 is 1.20 bits per heavy atom. The number of hydrogen-bond donors (Lipinski definition) is 1. The van der Waals surface area contributed by atoms with E-state index in [9.17, 15) is 0 Å². The van der Waals surface area contributed by atoms with Crippen LogP contribution in [0.4, 0.5) is 0 Å². The van der Waals surface area contributed by atoms with Gasteiger partial charge in [0.1, 0.15) is 5.75 Å². The van der Waals surface area contributed by atoms with Gasteiger partial charge in [0, 0.05) is 19.6 Å². The minimum atomic E-state index is 0.591. The van der Waals surface area contributed by atoms with Crippen molar-refractivity contribution in [3.8, 4) is 5.75 Å². The van der Waals surface area contributed by atoms with E-state index in [1.807, 2.05) is 24.3 Å². The van der Waals surface area contributed by atoms with Crippen molar-refractivity contribution in [3.63, 3.8) is 0 Å². The summed E-state index contributed by atoms with van der Waals surface area (Å²) >= 11 is 0. The molecule has 0 spiro atoms. The first-order chi connectivity index (χ1) is 9.81. The molecule has 1 aliphatic rings. The SMILES string of the molecule is CCCN(CCCOc1ccc(CN)cc1)CC1CC1. The highest BCUT2D eigenvalue weighted by Gasteiger charge is 2.23. The van der Waals surface area contributed by atoms with Crippen LogP contribution in [0.25, 0.3) is 0 Å². The van der Waals surface area contributed by atoms with Gasteiger partial charge in [0.25, 0.3) is 0 Å². The van der Waals surface area contributed by atoms with Crippen LogP contribution in [0.15, 0.2) is 24.3 Å². The number of hydrogen-bond acceptors (Lipinski definition) is 3. The highest BCUT2D eigenvalue weighted by Crippen LogP contribution is 2.29. The molecule has 0 atom stereocenters. The van der Waals surface area contributed by atoms with Gasteiger partial charge < -0.3 is 15.4 Å². The quantitative estimate of drug-likeness (QED) is 0.668. The van der Waals surface area contributed by atoms with E-state index in [-0.39, 0.29) is 0 Å². The number of ether oxygens (including phenoxy) is 1. The van der Waals surface area contributed by atoms with Crippen LogP contribution in [0.2, 0.25) is 0 Å². The second kappa shape index (κ2) is 8.28. The fourth-order valence-corrected chi connectivity index (χ4v) is 2.48. The van der Waals surface area contributed by atoms with Crippen molar-refractivity contribution >= 4 is 0 Å². The van der Waals surface area contributed by atoms with Crippen LogP contribution in [-0.2, 0) is 6.54 Å². The minimum Gasteiger partial charge on any atom is -0.494 e. The summed E-state index contributed by atoms with van der Waals surface area (Å²) in [6, 6.07) is 8.09. The normalized spacial score (nSPS) is 14.8. The molecule has 0 bridgehead atoms. The van der Waals surface area contributed by atoms with E-state index >= 15 is 0 Å². The maximum atomic E-state index is 5.79. The molecule has 3 nitrogen and oxygen atoms in total. The zero-order chi connectivity index (χ0) is 14.2. The maximum Gasteiger partial charge on any atom is 0.119 e. The first kappa shape index (κ1) is 15.3. The summed E-state index contributed by atoms with van der Waals surface area (Å²) in [5.74, 6) is 1.93. The lowest BCUT2D eigenvalue weighted by Crippen LogP contribution is -2.29. The average molecular weight is 276 g/mol. The molecule has 1 aromatic rings. The largest absolute Gasteiger partial charge is 0.494 e. The summed E-state index contributed by atoms with van der Waals surface area (Å²) in [6.45, 7) is 7.32. The lowest BCUT2D eigenvalue weighted by Gasteiger charge is -2.21. The Hall–Kier alpha value is -1.06. The fourth-order valence-electron chi connectivity index (χ4n) is 2.48. The van der Waals surface area contributed by atoms with Gasteiger partial charge in [-0.2, -0.15) is 0 Å². The number of benzene rings is 1. The molecule has 0 saturated heterocycles. The molecule has 1 aromatic carbocycles. The third-order valence-corrected chi connectivity index (χ3v) is 3.80. The Morgan fingerprint density at radius 3 is 2.55 bits per heavy atom. The average Bonchev–Trinajstić information content (AvgIpc) is 3.28. The molecular weight excluding hydrogens is 248 g/mol. The smallest absolute Gasteiger partial charge is 0.119 e. The first-order valence-electron chi connectivity index (χ1n) is 7.96. The van der Waals surface area contributed by atoms with E-state index in [4.69, 9.17) is 10.5 Å². The van der Waals surface area contributed by atoms with E-state index in [1.54, 1.807) is 0 Å². The Labute approximate surface area is 123 Å². The Kier molecular flexibility index (Phi) is 6.34. The van der Waals surface area contributed by atoms with Crippen molar-refractivity contribution in [2.75, 3.05) is 26.2 Å². The van der Waals surface area contributed by atoms with E-state index in [2.05, 4.69) is 11.8 Å². The van der Waals surface area contributed by atoms with Gasteiger partial charge >= 0.3 is 0 Å². The standard InChI is InChI=1S/C17H28N2O/c1-2-10-19(14-16-4-5-16)11-3-12-20-17-8-6-15(13-18)7-9-17/h6-9,16H,2-5,10-14,18H2,1H3. The summed E-state index contributed by atoms with van der Waals surface area (Å²) in [7, 11) is 0. The number of rotatable bonds is 10. The van der Waals surface area contributed by atoms with Crippen LogP contribution < -0.4 is 10.5 Å². The van der Waals surface area contributed by atoms with E-state index in [1.165, 1.54) is 32.4 Å². The van der Waals surface area contributed by atoms with Gasteiger partial charge in [-0.3, -0.25) is 0 Å². The minimum absolute atomic E-state index is 0.591. The summed E-state index contributed by atoms with van der Waals surface area (Å²) in [5.41, 5.74) is 6.73. The van der Waals surface area contributed by atoms with Crippen LogP contribution in [0.1, 0.15) is 38.2 Å². The number of nitrogens with zero attached hydrogens (tertiary/aromatic N) is 1. The summed E-state index contributed by atoms with van der Waals surface area (Å²) < 4.78 is 5.79. The van der Waals surface area contributed by atoms with Crippen molar-refractivity contribution in [2.24, 2.45) is 11.7 Å². The molecule has 0 heterocycles. The zero-order valence-corrected chi connectivity index (χ0v) is 12.7. The highest BCUT2D eigenvalue weighted by molar-refractivity contribution is 5.26. The van der Waals surface area contributed by atoms with Gasteiger partial charge in [-0.25, -0.2) is 0 Å². The molecule has 112 valence electrons. The third-order valence-electron chi connectivity index (χ3n) is 3.80. The lowest BCUT2D eigenvalue weighted by atomic mass is 10.2. The third kappa shape index (κ3) is 5.51. The molecule has 0 aromatic heterocycles. The van der Waals surface area contributed by atoms with Gasteiger partial charge in [-0.15, -0.1) is 0 Å². The molecular formula is C17H28N2O. The first-order valence-corrected chi connectivity index (χ1v) is 7.96. The Bertz CT molecular complexity index is 373. The summed E-state index contributed by atoms with van der Waals surface area (Å²) in [6.07, 6.45) is 5.22. The van der Waals surface area contributed by atoms with Crippen LogP contribution in [0.3, 0.4) is 0 Å². The molecule has 0 aliphatic heterocycles. The highest BCUT2D eigenvalue weighted by atomic mass is 16.5. The topological polar surface area (TPSA) is 38.5 Å². The predicted molar refractivity (Wildman–Crippen MR) is 83.9 cm³/mol. The van der Waals surface area contributed by atoms with Crippen LogP contribution in [-0.4, -0.2) is 31.1 Å². The fraction of sp³-hybridized carbons (Fsp3) is 0.647. The lowest BCUT2D eigenvalue weighted by molar-refractivity contribution is 0.227. The predicted octanol–water partition coefficient (Wildman–Crippen LogP) is 3.04. The van der Waals surface area contributed by atoms with Crippen molar-refractivity contribution in [2.45, 2.75) is 39.2 Å². The van der Waals surface area contributed by atoms with E-state index in [0.29, 0.717) is 6.54 Å². The molecule has 0 radical (unpaired) electrons. The van der Waals surface area contributed by atoms with Crippen LogP contribution >= 0.6 is 0 Å². The van der Waals surface area contributed by atoms with E-state index in [0.717, 1.165) is 36.8 Å². The molecule has 1 aliphatic carbocycles. The molecule has 20 heavy (non-hydrogen) atoms. The maximum absolute atomic E-state index is 5.79. The van der Waals surface area contributed by atoms with Crippen molar-refractivity contribution in [3.05, 3.63) is 29.8 Å². The number of nitrogens with two attached hydrogens (primary N) is 1. The molecule has 2 N–H and O–H groups in total. The van der Waals surface area contributed by atoms with Gasteiger partial charge in [-0.05, 0) is 55.8 Å². The van der Waals surface area contributed by atoms with Crippen LogP contribution in [0.5, 0.6) is 5.75 Å². The second-order valence-corrected chi connectivity index (χ2v) is 5.79. The van der Waals surface area contributed by atoms with Crippen molar-refractivity contribution < 1.29 is 4.74 Å². The van der Waals surface area contributed by atoms with Gasteiger partial charge in [-0.1, -0.05) is 19.1 Å². The van der Waals surface area contributed by atoms with Gasteiger partial charge in [0.15, 0.2) is 0 Å². The second-order valence-electron chi connectivity index (χ2n) is 5.79. The molecule has 1 fully saturated rings. The summed E-state index contributed by atoms with van der Waals surface area (Å²) in [4.78, 5) is 2.60. The van der Waals surface area contributed by atoms with Crippen molar-refractivity contribution in [1.82, 2.24) is 4.90 Å².